The lowest BCUT2D eigenvalue weighted by Crippen LogP contribution is -2.21. The second kappa shape index (κ2) is 7.86. The fourth-order valence-corrected chi connectivity index (χ4v) is 2.76. The van der Waals surface area contributed by atoms with Gasteiger partial charge in [-0.05, 0) is 51.5 Å². The summed E-state index contributed by atoms with van der Waals surface area (Å²) in [7, 11) is 0. The predicted octanol–water partition coefficient (Wildman–Crippen LogP) is 4.41. The first kappa shape index (κ1) is 17.7. The molecule has 0 unspecified atom stereocenters. The van der Waals surface area contributed by atoms with E-state index in [1.54, 1.807) is 0 Å². The van der Waals surface area contributed by atoms with E-state index in [-0.39, 0.29) is 0 Å². The predicted molar refractivity (Wildman–Crippen MR) is 105 cm³/mol. The Labute approximate surface area is 153 Å². The second-order valence-electron chi connectivity index (χ2n) is 6.03. The van der Waals surface area contributed by atoms with Gasteiger partial charge in [0, 0.05) is 36.6 Å². The summed E-state index contributed by atoms with van der Waals surface area (Å²) >= 11 is 0. The molecule has 3 rings (SSSR count). The van der Waals surface area contributed by atoms with Crippen molar-refractivity contribution in [2.24, 2.45) is 0 Å². The van der Waals surface area contributed by atoms with E-state index in [1.165, 1.54) is 12.0 Å². The summed E-state index contributed by atoms with van der Waals surface area (Å²) in [6.07, 6.45) is 1.51. The first-order chi connectivity index (χ1) is 12.6. The molecule has 7 heteroatoms. The molecule has 0 saturated heterocycles. The van der Waals surface area contributed by atoms with E-state index in [4.69, 9.17) is 4.52 Å². The van der Waals surface area contributed by atoms with E-state index in [0.717, 1.165) is 30.1 Å². The number of nitrogens with one attached hydrogen (secondary N) is 2. The Hall–Kier alpha value is -3.09. The Bertz CT molecular complexity index is 872. The van der Waals surface area contributed by atoms with Crippen molar-refractivity contribution in [1.82, 2.24) is 15.1 Å². The zero-order valence-corrected chi connectivity index (χ0v) is 15.6. The zero-order chi connectivity index (χ0) is 18.5. The number of nitrogens with zero attached hydrogens (tertiary/aromatic N) is 4. The number of hydrogen-bond donors (Lipinski definition) is 2. The summed E-state index contributed by atoms with van der Waals surface area (Å²) < 4.78 is 5.05. The van der Waals surface area contributed by atoms with Crippen LogP contribution in [0.5, 0.6) is 0 Å². The summed E-state index contributed by atoms with van der Waals surface area (Å²) in [5, 5.41) is 10.4. The molecule has 0 fully saturated rings. The van der Waals surface area contributed by atoms with Gasteiger partial charge < -0.3 is 20.1 Å². The van der Waals surface area contributed by atoms with Gasteiger partial charge in [0.25, 0.3) is 0 Å². The van der Waals surface area contributed by atoms with Gasteiger partial charge in [-0.15, -0.1) is 0 Å². The molecule has 7 nitrogen and oxygen atoms in total. The van der Waals surface area contributed by atoms with Crippen LogP contribution >= 0.6 is 0 Å². The minimum absolute atomic E-state index is 0.618. The maximum Gasteiger partial charge on any atom is 0.175 e. The molecule has 0 spiro atoms. The van der Waals surface area contributed by atoms with E-state index >= 15 is 0 Å². The summed E-state index contributed by atoms with van der Waals surface area (Å²) in [4.78, 5) is 10.8. The zero-order valence-electron chi connectivity index (χ0n) is 15.6. The highest BCUT2D eigenvalue weighted by Crippen LogP contribution is 2.25. The van der Waals surface area contributed by atoms with Gasteiger partial charge in [0.15, 0.2) is 5.82 Å². The molecular weight excluding hydrogens is 328 g/mol. The van der Waals surface area contributed by atoms with Crippen molar-refractivity contribution in [2.75, 3.05) is 28.6 Å². The summed E-state index contributed by atoms with van der Waals surface area (Å²) in [5.41, 5.74) is 3.40. The molecule has 136 valence electrons. The third kappa shape index (κ3) is 4.11. The summed E-state index contributed by atoms with van der Waals surface area (Å²) in [5.74, 6) is 2.71. The standard InChI is InChI=1S/C19H24N6O/c1-5-25(6-2)15-7-8-16(13(3)9-15)22-17-11-18(21-12-20-17)23-19-10-14(4)26-24-19/h7-12H,5-6H2,1-4H3,(H2,20,21,22,23,24). The topological polar surface area (TPSA) is 79.1 Å². The third-order valence-electron chi connectivity index (χ3n) is 4.15. The highest BCUT2D eigenvalue weighted by molar-refractivity contribution is 5.67. The molecule has 0 radical (unpaired) electrons. The second-order valence-corrected chi connectivity index (χ2v) is 6.03. The van der Waals surface area contributed by atoms with Crippen LogP contribution in [0.4, 0.5) is 28.8 Å². The Morgan fingerprint density at radius 1 is 0.923 bits per heavy atom. The van der Waals surface area contributed by atoms with Crippen LogP contribution in [0.3, 0.4) is 0 Å². The van der Waals surface area contributed by atoms with Crippen molar-refractivity contribution >= 4 is 28.8 Å². The molecule has 0 atom stereocenters. The van der Waals surface area contributed by atoms with Crippen LogP contribution < -0.4 is 15.5 Å². The van der Waals surface area contributed by atoms with E-state index in [2.05, 4.69) is 69.6 Å². The van der Waals surface area contributed by atoms with Gasteiger partial charge in [-0.3, -0.25) is 0 Å². The van der Waals surface area contributed by atoms with Crippen LogP contribution in [0.1, 0.15) is 25.2 Å². The average Bonchev–Trinajstić information content (AvgIpc) is 3.03. The first-order valence-corrected chi connectivity index (χ1v) is 8.74. The number of anilines is 5. The quantitative estimate of drug-likeness (QED) is 0.652. The molecule has 0 saturated carbocycles. The minimum atomic E-state index is 0.618. The molecule has 0 aliphatic carbocycles. The average molecular weight is 352 g/mol. The van der Waals surface area contributed by atoms with Crippen molar-refractivity contribution < 1.29 is 4.52 Å². The van der Waals surface area contributed by atoms with Gasteiger partial charge in [-0.2, -0.15) is 0 Å². The molecule has 1 aromatic carbocycles. The molecule has 3 aromatic rings. The Balaban J connectivity index is 1.75. The molecule has 2 aromatic heterocycles. The number of rotatable bonds is 7. The van der Waals surface area contributed by atoms with Crippen molar-refractivity contribution in [3.05, 3.63) is 48.0 Å². The fraction of sp³-hybridized carbons (Fsp3) is 0.316. The van der Waals surface area contributed by atoms with Crippen LogP contribution in [0.2, 0.25) is 0 Å². The SMILES string of the molecule is CCN(CC)c1ccc(Nc2cc(Nc3cc(C)on3)ncn2)c(C)c1. The number of hydrogen-bond acceptors (Lipinski definition) is 7. The molecule has 26 heavy (non-hydrogen) atoms. The van der Waals surface area contributed by atoms with Gasteiger partial charge in [0.2, 0.25) is 0 Å². The highest BCUT2D eigenvalue weighted by atomic mass is 16.5. The lowest BCUT2D eigenvalue weighted by Gasteiger charge is -2.22. The first-order valence-electron chi connectivity index (χ1n) is 8.74. The summed E-state index contributed by atoms with van der Waals surface area (Å²) in [6, 6.07) is 10.0. The Kier molecular flexibility index (Phi) is 5.36. The van der Waals surface area contributed by atoms with Crippen molar-refractivity contribution in [3.63, 3.8) is 0 Å². The Morgan fingerprint density at radius 3 is 2.27 bits per heavy atom. The monoisotopic (exact) mass is 352 g/mol. The smallest absolute Gasteiger partial charge is 0.175 e. The molecule has 2 heterocycles. The van der Waals surface area contributed by atoms with Gasteiger partial charge in [0.1, 0.15) is 23.7 Å². The molecule has 0 bridgehead atoms. The van der Waals surface area contributed by atoms with Gasteiger partial charge in [0.05, 0.1) is 0 Å². The molecule has 0 aliphatic rings. The van der Waals surface area contributed by atoms with Gasteiger partial charge >= 0.3 is 0 Å². The van der Waals surface area contributed by atoms with Crippen molar-refractivity contribution in [3.8, 4) is 0 Å². The third-order valence-corrected chi connectivity index (χ3v) is 4.15. The molecule has 0 amide bonds. The number of aromatic nitrogens is 3. The number of aryl methyl sites for hydroxylation is 2. The largest absolute Gasteiger partial charge is 0.372 e. The van der Waals surface area contributed by atoms with Gasteiger partial charge in [-0.25, -0.2) is 9.97 Å². The lowest BCUT2D eigenvalue weighted by atomic mass is 10.1. The molecule has 2 N–H and O–H groups in total. The van der Waals surface area contributed by atoms with Crippen molar-refractivity contribution in [2.45, 2.75) is 27.7 Å². The highest BCUT2D eigenvalue weighted by Gasteiger charge is 2.07. The van der Waals surface area contributed by atoms with Gasteiger partial charge in [-0.1, -0.05) is 5.16 Å². The Morgan fingerprint density at radius 2 is 1.65 bits per heavy atom. The van der Waals surface area contributed by atoms with Crippen LogP contribution in [0.25, 0.3) is 0 Å². The maximum atomic E-state index is 5.05. The van der Waals surface area contributed by atoms with Crippen molar-refractivity contribution in [1.29, 1.82) is 0 Å². The van der Waals surface area contributed by atoms with E-state index < -0.39 is 0 Å². The van der Waals surface area contributed by atoms with E-state index in [1.807, 2.05) is 19.1 Å². The van der Waals surface area contributed by atoms with Crippen LogP contribution in [-0.2, 0) is 0 Å². The van der Waals surface area contributed by atoms with Crippen LogP contribution in [0, 0.1) is 13.8 Å². The summed E-state index contributed by atoms with van der Waals surface area (Å²) in [6.45, 7) is 10.2. The van der Waals surface area contributed by atoms with E-state index in [9.17, 15) is 0 Å². The minimum Gasteiger partial charge on any atom is -0.372 e. The lowest BCUT2D eigenvalue weighted by molar-refractivity contribution is 0.400. The van der Waals surface area contributed by atoms with Crippen LogP contribution in [-0.4, -0.2) is 28.2 Å². The van der Waals surface area contributed by atoms with Crippen LogP contribution in [0.15, 0.2) is 41.2 Å². The molecular formula is C19H24N6O. The van der Waals surface area contributed by atoms with E-state index in [0.29, 0.717) is 17.5 Å². The fourth-order valence-electron chi connectivity index (χ4n) is 2.76. The maximum absolute atomic E-state index is 5.05. The molecule has 0 aliphatic heterocycles. The normalized spacial score (nSPS) is 10.6. The number of benzene rings is 1.